The van der Waals surface area contributed by atoms with Crippen molar-refractivity contribution in [3.63, 3.8) is 0 Å². The predicted octanol–water partition coefficient (Wildman–Crippen LogP) is 1.34. The number of carbonyl (C=O) groups excluding carboxylic acids is 1. The first-order valence-electron chi connectivity index (χ1n) is 5.54. The number of rotatable bonds is 6. The van der Waals surface area contributed by atoms with Gasteiger partial charge in [-0.25, -0.2) is 4.79 Å². The van der Waals surface area contributed by atoms with Crippen molar-refractivity contribution in [2.45, 2.75) is 51.6 Å². The van der Waals surface area contributed by atoms with E-state index in [0.29, 0.717) is 6.42 Å². The number of carboxylic acid groups (broad SMARTS) is 1. The second-order valence-corrected chi connectivity index (χ2v) is 4.57. The van der Waals surface area contributed by atoms with Crippen LogP contribution in [0.5, 0.6) is 0 Å². The Morgan fingerprint density at radius 2 is 2.06 bits per heavy atom. The molecule has 1 atom stereocenters. The molecule has 0 bridgehead atoms. The van der Waals surface area contributed by atoms with Gasteiger partial charge in [-0.15, -0.1) is 12.3 Å². The lowest BCUT2D eigenvalue weighted by molar-refractivity contribution is -0.138. The van der Waals surface area contributed by atoms with E-state index in [9.17, 15) is 9.59 Å². The van der Waals surface area contributed by atoms with E-state index in [4.69, 9.17) is 11.5 Å². The highest BCUT2D eigenvalue weighted by Gasteiger charge is 2.24. The number of nitrogens with one attached hydrogen (secondary N) is 2. The van der Waals surface area contributed by atoms with Gasteiger partial charge in [0.25, 0.3) is 0 Å². The highest BCUT2D eigenvalue weighted by atomic mass is 16.4. The van der Waals surface area contributed by atoms with Crippen LogP contribution in [0.2, 0.25) is 0 Å². The van der Waals surface area contributed by atoms with E-state index < -0.39 is 17.5 Å². The van der Waals surface area contributed by atoms with Crippen molar-refractivity contribution in [3.8, 4) is 12.3 Å². The summed E-state index contributed by atoms with van der Waals surface area (Å²) >= 11 is 0. The van der Waals surface area contributed by atoms with E-state index in [1.165, 1.54) is 0 Å². The monoisotopic (exact) mass is 240 g/mol. The fourth-order valence-electron chi connectivity index (χ4n) is 1.39. The van der Waals surface area contributed by atoms with Gasteiger partial charge in [-0.3, -0.25) is 4.79 Å². The SMILES string of the molecule is C#CCC(CC)NC(=O)NC(C)(C)CC(=O)O. The average Bonchev–Trinajstić information content (AvgIpc) is 2.13. The van der Waals surface area contributed by atoms with Gasteiger partial charge in [-0.05, 0) is 20.3 Å². The fraction of sp³-hybridized carbons (Fsp3) is 0.667. The molecule has 0 rings (SSSR count). The molecule has 0 fully saturated rings. The molecule has 0 aliphatic carbocycles. The molecule has 0 aromatic heterocycles. The summed E-state index contributed by atoms with van der Waals surface area (Å²) < 4.78 is 0. The van der Waals surface area contributed by atoms with E-state index in [1.54, 1.807) is 13.8 Å². The zero-order chi connectivity index (χ0) is 13.5. The number of urea groups is 1. The van der Waals surface area contributed by atoms with Crippen LogP contribution in [0, 0.1) is 12.3 Å². The number of carbonyl (C=O) groups is 2. The quantitative estimate of drug-likeness (QED) is 0.613. The summed E-state index contributed by atoms with van der Waals surface area (Å²) in [5, 5.41) is 14.0. The van der Waals surface area contributed by atoms with Crippen molar-refractivity contribution in [1.82, 2.24) is 10.6 Å². The zero-order valence-electron chi connectivity index (χ0n) is 10.5. The molecule has 96 valence electrons. The van der Waals surface area contributed by atoms with Crippen LogP contribution in [0.4, 0.5) is 4.79 Å². The van der Waals surface area contributed by atoms with Crippen molar-refractivity contribution in [2.24, 2.45) is 0 Å². The molecular weight excluding hydrogens is 220 g/mol. The molecule has 3 N–H and O–H groups in total. The van der Waals surface area contributed by atoms with Crippen LogP contribution in [0.15, 0.2) is 0 Å². The van der Waals surface area contributed by atoms with Gasteiger partial charge in [0.1, 0.15) is 0 Å². The van der Waals surface area contributed by atoms with Crippen molar-refractivity contribution in [2.75, 3.05) is 0 Å². The highest BCUT2D eigenvalue weighted by molar-refractivity contribution is 5.76. The summed E-state index contributed by atoms with van der Waals surface area (Å²) in [6.45, 7) is 5.23. The Hall–Kier alpha value is -1.70. The number of carboxylic acids is 1. The summed E-state index contributed by atoms with van der Waals surface area (Å²) in [5.41, 5.74) is -0.787. The maximum atomic E-state index is 11.6. The van der Waals surface area contributed by atoms with Crippen LogP contribution < -0.4 is 10.6 Å². The molecule has 0 aromatic rings. The van der Waals surface area contributed by atoms with E-state index >= 15 is 0 Å². The molecule has 2 amide bonds. The molecule has 1 unspecified atom stereocenters. The summed E-state index contributed by atoms with van der Waals surface area (Å²) in [6, 6.07) is -0.473. The molecule has 0 aliphatic rings. The number of hydrogen-bond acceptors (Lipinski definition) is 2. The predicted molar refractivity (Wildman–Crippen MR) is 65.5 cm³/mol. The third kappa shape index (κ3) is 7.23. The molecule has 0 aromatic carbocycles. The first-order valence-corrected chi connectivity index (χ1v) is 5.54. The summed E-state index contributed by atoms with van der Waals surface area (Å²) in [5.74, 6) is 1.53. The molecular formula is C12H20N2O3. The van der Waals surface area contributed by atoms with Gasteiger partial charge in [0, 0.05) is 18.0 Å². The van der Waals surface area contributed by atoms with Crippen molar-refractivity contribution in [3.05, 3.63) is 0 Å². The molecule has 0 spiro atoms. The Balaban J connectivity index is 4.25. The molecule has 0 aliphatic heterocycles. The standard InChI is InChI=1S/C12H20N2O3/c1-5-7-9(6-2)13-11(17)14-12(3,4)8-10(15)16/h1,9H,6-8H2,2-4H3,(H,15,16)(H2,13,14,17). The molecule has 0 heterocycles. The van der Waals surface area contributed by atoms with Gasteiger partial charge < -0.3 is 15.7 Å². The normalized spacial score (nSPS) is 12.4. The second kappa shape index (κ2) is 6.79. The van der Waals surface area contributed by atoms with Crippen molar-refractivity contribution in [1.29, 1.82) is 0 Å². The highest BCUT2D eigenvalue weighted by Crippen LogP contribution is 2.08. The number of aliphatic carboxylic acids is 1. The smallest absolute Gasteiger partial charge is 0.315 e. The maximum absolute atomic E-state index is 11.6. The Kier molecular flexibility index (Phi) is 6.11. The van der Waals surface area contributed by atoms with Gasteiger partial charge in [-0.2, -0.15) is 0 Å². The second-order valence-electron chi connectivity index (χ2n) is 4.57. The number of hydrogen-bond donors (Lipinski definition) is 3. The average molecular weight is 240 g/mol. The topological polar surface area (TPSA) is 78.4 Å². The Labute approximate surface area is 102 Å². The van der Waals surface area contributed by atoms with Crippen LogP contribution >= 0.6 is 0 Å². The van der Waals surface area contributed by atoms with Crippen LogP contribution in [-0.2, 0) is 4.79 Å². The number of amides is 2. The van der Waals surface area contributed by atoms with E-state index in [2.05, 4.69) is 16.6 Å². The maximum Gasteiger partial charge on any atom is 0.315 e. The molecule has 17 heavy (non-hydrogen) atoms. The lowest BCUT2D eigenvalue weighted by atomic mass is 10.0. The number of terminal acetylenes is 1. The minimum absolute atomic E-state index is 0.0828. The first-order chi connectivity index (χ1) is 7.80. The Morgan fingerprint density at radius 1 is 1.47 bits per heavy atom. The van der Waals surface area contributed by atoms with Gasteiger partial charge in [-0.1, -0.05) is 6.92 Å². The van der Waals surface area contributed by atoms with Crippen LogP contribution in [-0.4, -0.2) is 28.7 Å². The van der Waals surface area contributed by atoms with E-state index in [0.717, 1.165) is 6.42 Å². The van der Waals surface area contributed by atoms with Gasteiger partial charge in [0.2, 0.25) is 0 Å². The third-order valence-electron chi connectivity index (χ3n) is 2.24. The molecule has 0 saturated carbocycles. The van der Waals surface area contributed by atoms with Crippen molar-refractivity contribution >= 4 is 12.0 Å². The van der Waals surface area contributed by atoms with Crippen LogP contribution in [0.1, 0.15) is 40.0 Å². The summed E-state index contributed by atoms with van der Waals surface area (Å²) in [4.78, 5) is 22.2. The largest absolute Gasteiger partial charge is 0.481 e. The van der Waals surface area contributed by atoms with E-state index in [1.807, 2.05) is 6.92 Å². The van der Waals surface area contributed by atoms with Gasteiger partial charge in [0.05, 0.1) is 6.42 Å². The minimum Gasteiger partial charge on any atom is -0.481 e. The minimum atomic E-state index is -0.953. The molecule has 5 heteroatoms. The summed E-state index contributed by atoms with van der Waals surface area (Å²) in [6.07, 6.45) is 6.24. The van der Waals surface area contributed by atoms with Crippen LogP contribution in [0.25, 0.3) is 0 Å². The molecule has 5 nitrogen and oxygen atoms in total. The van der Waals surface area contributed by atoms with Gasteiger partial charge in [0.15, 0.2) is 0 Å². The molecule has 0 saturated heterocycles. The lowest BCUT2D eigenvalue weighted by Gasteiger charge is -2.26. The Morgan fingerprint density at radius 3 is 2.47 bits per heavy atom. The fourth-order valence-corrected chi connectivity index (χ4v) is 1.39. The lowest BCUT2D eigenvalue weighted by Crippen LogP contribution is -2.51. The summed E-state index contributed by atoms with van der Waals surface area (Å²) in [7, 11) is 0. The Bertz CT molecular complexity index is 318. The third-order valence-corrected chi connectivity index (χ3v) is 2.24. The van der Waals surface area contributed by atoms with Crippen molar-refractivity contribution < 1.29 is 14.7 Å². The zero-order valence-corrected chi connectivity index (χ0v) is 10.5. The van der Waals surface area contributed by atoms with Gasteiger partial charge >= 0.3 is 12.0 Å². The molecule has 0 radical (unpaired) electrons. The van der Waals surface area contributed by atoms with E-state index in [-0.39, 0.29) is 12.5 Å². The van der Waals surface area contributed by atoms with Crippen LogP contribution in [0.3, 0.4) is 0 Å². The first kappa shape index (κ1) is 15.3.